The molecule has 112 valence electrons. The first-order valence-electron chi connectivity index (χ1n) is 8.20. The quantitative estimate of drug-likeness (QED) is 0.844. The normalized spacial score (nSPS) is 24.8. The molecule has 1 fully saturated rings. The molecule has 1 aliphatic rings. The van der Waals surface area contributed by atoms with Crippen molar-refractivity contribution >= 4 is 0 Å². The number of hydrogen-bond acceptors (Lipinski definition) is 2. The molecule has 2 heteroatoms. The highest BCUT2D eigenvalue weighted by Gasteiger charge is 2.27. The second-order valence-electron chi connectivity index (χ2n) is 6.17. The lowest BCUT2D eigenvalue weighted by Gasteiger charge is -2.39. The van der Waals surface area contributed by atoms with Gasteiger partial charge in [0.15, 0.2) is 0 Å². The van der Waals surface area contributed by atoms with Gasteiger partial charge < -0.3 is 5.32 Å². The highest BCUT2D eigenvalue weighted by Crippen LogP contribution is 2.31. The van der Waals surface area contributed by atoms with E-state index in [1.54, 1.807) is 0 Å². The summed E-state index contributed by atoms with van der Waals surface area (Å²) < 4.78 is 0. The Balaban J connectivity index is 2.02. The lowest BCUT2D eigenvalue weighted by molar-refractivity contribution is 0.121. The van der Waals surface area contributed by atoms with Crippen LogP contribution in [0.15, 0.2) is 30.3 Å². The maximum atomic E-state index is 3.43. The van der Waals surface area contributed by atoms with Crippen LogP contribution in [-0.2, 0) is 0 Å². The van der Waals surface area contributed by atoms with Crippen LogP contribution in [0.5, 0.6) is 0 Å². The lowest BCUT2D eigenvalue weighted by atomic mass is 9.88. The van der Waals surface area contributed by atoms with Gasteiger partial charge in [-0.2, -0.15) is 0 Å². The Bertz CT molecular complexity index is 368. The van der Waals surface area contributed by atoms with Gasteiger partial charge in [0.25, 0.3) is 0 Å². The highest BCUT2D eigenvalue weighted by atomic mass is 15.2. The van der Waals surface area contributed by atoms with Crippen LogP contribution in [0.1, 0.15) is 57.1 Å². The van der Waals surface area contributed by atoms with Crippen molar-refractivity contribution in [3.63, 3.8) is 0 Å². The summed E-state index contributed by atoms with van der Waals surface area (Å²) in [5.74, 6) is 0. The molecular formula is C18H30N2. The molecule has 0 aromatic heterocycles. The van der Waals surface area contributed by atoms with E-state index in [2.05, 4.69) is 61.6 Å². The first kappa shape index (κ1) is 15.5. The van der Waals surface area contributed by atoms with Crippen molar-refractivity contribution < 1.29 is 0 Å². The summed E-state index contributed by atoms with van der Waals surface area (Å²) in [5, 5.41) is 3.43. The third-order valence-electron chi connectivity index (χ3n) is 4.92. The van der Waals surface area contributed by atoms with Crippen molar-refractivity contribution in [3.8, 4) is 0 Å². The fourth-order valence-electron chi connectivity index (χ4n) is 3.58. The molecule has 20 heavy (non-hydrogen) atoms. The van der Waals surface area contributed by atoms with Gasteiger partial charge in [-0.05, 0) is 51.8 Å². The first-order chi connectivity index (χ1) is 9.76. The third-order valence-corrected chi connectivity index (χ3v) is 4.92. The molecule has 2 nitrogen and oxygen atoms in total. The summed E-state index contributed by atoms with van der Waals surface area (Å²) in [6, 6.07) is 13.1. The minimum absolute atomic E-state index is 0.581. The van der Waals surface area contributed by atoms with Gasteiger partial charge in [0, 0.05) is 18.1 Å². The van der Waals surface area contributed by atoms with Gasteiger partial charge in [-0.1, -0.05) is 43.7 Å². The molecule has 1 aliphatic carbocycles. The van der Waals surface area contributed by atoms with Gasteiger partial charge >= 0.3 is 0 Å². The van der Waals surface area contributed by atoms with E-state index in [1.165, 1.54) is 44.1 Å². The van der Waals surface area contributed by atoms with Crippen LogP contribution in [-0.4, -0.2) is 31.1 Å². The van der Waals surface area contributed by atoms with Gasteiger partial charge in [-0.3, -0.25) is 4.90 Å². The maximum Gasteiger partial charge on any atom is 0.0347 e. The van der Waals surface area contributed by atoms with Crippen molar-refractivity contribution in [2.24, 2.45) is 0 Å². The van der Waals surface area contributed by atoms with Crippen molar-refractivity contribution in [1.29, 1.82) is 0 Å². The summed E-state index contributed by atoms with van der Waals surface area (Å²) in [6.07, 6.45) is 7.80. The minimum Gasteiger partial charge on any atom is -0.317 e. The molecule has 0 bridgehead atoms. The van der Waals surface area contributed by atoms with E-state index < -0.39 is 0 Å². The summed E-state index contributed by atoms with van der Waals surface area (Å²) in [5.41, 5.74) is 1.48. The molecule has 0 spiro atoms. The average Bonchev–Trinajstić information content (AvgIpc) is 2.53. The van der Waals surface area contributed by atoms with E-state index in [0.29, 0.717) is 6.04 Å². The number of hydrogen-bond donors (Lipinski definition) is 1. The number of benzene rings is 1. The van der Waals surface area contributed by atoms with Gasteiger partial charge in [-0.15, -0.1) is 0 Å². The largest absolute Gasteiger partial charge is 0.317 e. The van der Waals surface area contributed by atoms with E-state index in [1.807, 2.05) is 0 Å². The Kier molecular flexibility index (Phi) is 6.06. The van der Waals surface area contributed by atoms with Crippen molar-refractivity contribution in [2.45, 2.75) is 63.6 Å². The monoisotopic (exact) mass is 274 g/mol. The van der Waals surface area contributed by atoms with Gasteiger partial charge in [-0.25, -0.2) is 0 Å². The van der Waals surface area contributed by atoms with Crippen molar-refractivity contribution in [2.75, 3.05) is 14.1 Å². The molecule has 0 heterocycles. The van der Waals surface area contributed by atoms with E-state index in [4.69, 9.17) is 0 Å². The second-order valence-corrected chi connectivity index (χ2v) is 6.17. The molecule has 1 aromatic rings. The van der Waals surface area contributed by atoms with E-state index in [0.717, 1.165) is 12.1 Å². The molecule has 0 radical (unpaired) electrons. The minimum atomic E-state index is 0.581. The smallest absolute Gasteiger partial charge is 0.0347 e. The molecule has 1 atom stereocenters. The molecule has 0 amide bonds. The van der Waals surface area contributed by atoms with Crippen LogP contribution in [0.3, 0.4) is 0 Å². The fraction of sp³-hybridized carbons (Fsp3) is 0.667. The van der Waals surface area contributed by atoms with Crippen LogP contribution in [0, 0.1) is 0 Å². The number of nitrogens with one attached hydrogen (secondary N) is 1. The number of rotatable bonds is 6. The molecule has 0 aliphatic heterocycles. The molecule has 1 aromatic carbocycles. The second kappa shape index (κ2) is 7.80. The lowest BCUT2D eigenvalue weighted by Crippen LogP contribution is -2.41. The average molecular weight is 274 g/mol. The van der Waals surface area contributed by atoms with Crippen LogP contribution < -0.4 is 5.32 Å². The summed E-state index contributed by atoms with van der Waals surface area (Å²) in [7, 11) is 4.43. The van der Waals surface area contributed by atoms with Gasteiger partial charge in [0.1, 0.15) is 0 Å². The standard InChI is InChI=1S/C18H30N2/c1-4-8-18(15-9-6-5-7-10-15)20(3)17-13-11-16(19-2)12-14-17/h5-7,9-10,16-19H,4,8,11-14H2,1-3H3. The molecule has 2 rings (SSSR count). The fourth-order valence-corrected chi connectivity index (χ4v) is 3.58. The van der Waals surface area contributed by atoms with Crippen molar-refractivity contribution in [1.82, 2.24) is 10.2 Å². The summed E-state index contributed by atoms with van der Waals surface area (Å²) >= 11 is 0. The Morgan fingerprint density at radius 2 is 1.80 bits per heavy atom. The van der Waals surface area contributed by atoms with Crippen molar-refractivity contribution in [3.05, 3.63) is 35.9 Å². The SMILES string of the molecule is CCCC(c1ccccc1)N(C)C1CCC(NC)CC1. The topological polar surface area (TPSA) is 15.3 Å². The maximum absolute atomic E-state index is 3.43. The summed E-state index contributed by atoms with van der Waals surface area (Å²) in [4.78, 5) is 2.64. The van der Waals surface area contributed by atoms with Crippen LogP contribution >= 0.6 is 0 Å². The molecule has 1 saturated carbocycles. The molecule has 1 N–H and O–H groups in total. The zero-order chi connectivity index (χ0) is 14.4. The molecule has 0 saturated heterocycles. The van der Waals surface area contributed by atoms with Gasteiger partial charge in [0.2, 0.25) is 0 Å². The predicted octanol–water partition coefficient (Wildman–Crippen LogP) is 3.99. The van der Waals surface area contributed by atoms with E-state index >= 15 is 0 Å². The van der Waals surface area contributed by atoms with Crippen LogP contribution in [0.25, 0.3) is 0 Å². The third kappa shape index (κ3) is 3.83. The number of nitrogens with zero attached hydrogens (tertiary/aromatic N) is 1. The van der Waals surface area contributed by atoms with E-state index in [9.17, 15) is 0 Å². The molecule has 1 unspecified atom stereocenters. The zero-order valence-electron chi connectivity index (χ0n) is 13.3. The highest BCUT2D eigenvalue weighted by molar-refractivity contribution is 5.19. The molecular weight excluding hydrogens is 244 g/mol. The summed E-state index contributed by atoms with van der Waals surface area (Å²) in [6.45, 7) is 2.29. The Hall–Kier alpha value is -0.860. The van der Waals surface area contributed by atoms with E-state index in [-0.39, 0.29) is 0 Å². The Labute approximate surface area is 124 Å². The first-order valence-corrected chi connectivity index (χ1v) is 8.20. The predicted molar refractivity (Wildman–Crippen MR) is 87.0 cm³/mol. The van der Waals surface area contributed by atoms with Crippen LogP contribution in [0.4, 0.5) is 0 Å². The Morgan fingerprint density at radius 3 is 2.35 bits per heavy atom. The van der Waals surface area contributed by atoms with Crippen LogP contribution in [0.2, 0.25) is 0 Å². The zero-order valence-corrected chi connectivity index (χ0v) is 13.3. The van der Waals surface area contributed by atoms with Gasteiger partial charge in [0.05, 0.1) is 0 Å². The Morgan fingerprint density at radius 1 is 1.15 bits per heavy atom.